The van der Waals surface area contributed by atoms with Crippen molar-refractivity contribution >= 4 is 17.5 Å². The zero-order valence-electron chi connectivity index (χ0n) is 11.6. The van der Waals surface area contributed by atoms with Gasteiger partial charge < -0.3 is 14.9 Å². The number of aliphatic carboxylic acids is 1. The molecule has 0 aliphatic heterocycles. The van der Waals surface area contributed by atoms with E-state index in [2.05, 4.69) is 0 Å². The van der Waals surface area contributed by atoms with E-state index in [9.17, 15) is 14.7 Å². The summed E-state index contributed by atoms with van der Waals surface area (Å²) in [5.74, 6) is -2.72. The molecule has 2 N–H and O–H groups in total. The molecule has 0 bridgehead atoms. The molecule has 5 heteroatoms. The second-order valence-corrected chi connectivity index (χ2v) is 4.50. The van der Waals surface area contributed by atoms with Crippen molar-refractivity contribution in [3.63, 3.8) is 0 Å². The van der Waals surface area contributed by atoms with E-state index in [-0.39, 0.29) is 0 Å². The third-order valence-electron chi connectivity index (χ3n) is 2.86. The van der Waals surface area contributed by atoms with Crippen LogP contribution < -0.4 is 4.74 Å². The minimum Gasteiger partial charge on any atom is -0.507 e. The van der Waals surface area contributed by atoms with Crippen molar-refractivity contribution in [2.45, 2.75) is 6.61 Å². The van der Waals surface area contributed by atoms with Crippen molar-refractivity contribution < 1.29 is 24.5 Å². The first-order chi connectivity index (χ1) is 10.6. The van der Waals surface area contributed by atoms with E-state index in [4.69, 9.17) is 9.84 Å². The van der Waals surface area contributed by atoms with Crippen molar-refractivity contribution in [1.82, 2.24) is 0 Å². The Balaban J connectivity index is 2.10. The lowest BCUT2D eigenvalue weighted by Gasteiger charge is -2.08. The van der Waals surface area contributed by atoms with Crippen LogP contribution in [0.3, 0.4) is 0 Å². The summed E-state index contributed by atoms with van der Waals surface area (Å²) >= 11 is 0. The average Bonchev–Trinajstić information content (AvgIpc) is 2.54. The molecule has 2 aromatic carbocycles. The van der Waals surface area contributed by atoms with Crippen LogP contribution in [0, 0.1) is 0 Å². The smallest absolute Gasteiger partial charge is 0.376 e. The van der Waals surface area contributed by atoms with Gasteiger partial charge >= 0.3 is 5.97 Å². The summed E-state index contributed by atoms with van der Waals surface area (Å²) in [5, 5.41) is 18.3. The summed E-state index contributed by atoms with van der Waals surface area (Å²) in [6.07, 6.45) is 0.665. The molecular weight excluding hydrogens is 284 g/mol. The molecule has 0 heterocycles. The van der Waals surface area contributed by atoms with Crippen LogP contribution in [-0.4, -0.2) is 22.0 Å². The molecular formula is C17H14O5. The third-order valence-corrected chi connectivity index (χ3v) is 2.86. The number of aliphatic hydroxyl groups excluding tert-OH is 1. The molecule has 22 heavy (non-hydrogen) atoms. The maximum atomic E-state index is 11.1. The van der Waals surface area contributed by atoms with Crippen LogP contribution in [0.25, 0.3) is 5.76 Å². The van der Waals surface area contributed by atoms with Crippen molar-refractivity contribution in [1.29, 1.82) is 0 Å². The molecule has 5 nitrogen and oxygen atoms in total. The zero-order valence-corrected chi connectivity index (χ0v) is 11.6. The summed E-state index contributed by atoms with van der Waals surface area (Å²) < 4.78 is 5.60. The number of aliphatic hydroxyl groups is 1. The number of carbonyl (C=O) groups excluding carboxylic acids is 1. The summed E-state index contributed by atoms with van der Waals surface area (Å²) in [4.78, 5) is 21.5. The van der Waals surface area contributed by atoms with Gasteiger partial charge in [-0.25, -0.2) is 4.79 Å². The Bertz CT molecular complexity index is 704. The van der Waals surface area contributed by atoms with Crippen LogP contribution in [0.4, 0.5) is 0 Å². The quantitative estimate of drug-likeness (QED) is 0.486. The predicted molar refractivity (Wildman–Crippen MR) is 80.5 cm³/mol. The molecule has 0 aliphatic carbocycles. The molecule has 0 radical (unpaired) electrons. The van der Waals surface area contributed by atoms with E-state index in [0.717, 1.165) is 5.56 Å². The summed E-state index contributed by atoms with van der Waals surface area (Å²) in [6.45, 7) is 0.364. The van der Waals surface area contributed by atoms with Crippen molar-refractivity contribution in [2.75, 3.05) is 0 Å². The fourth-order valence-electron chi connectivity index (χ4n) is 1.76. The molecule has 0 unspecified atom stereocenters. The molecule has 0 spiro atoms. The monoisotopic (exact) mass is 298 g/mol. The molecule has 0 atom stereocenters. The Morgan fingerprint density at radius 2 is 1.73 bits per heavy atom. The topological polar surface area (TPSA) is 83.8 Å². The largest absolute Gasteiger partial charge is 0.507 e. The minimum atomic E-state index is -1.62. The van der Waals surface area contributed by atoms with Crippen LogP contribution in [0.2, 0.25) is 0 Å². The molecule has 0 saturated heterocycles. The zero-order chi connectivity index (χ0) is 15.9. The van der Waals surface area contributed by atoms with Crippen LogP contribution >= 0.6 is 0 Å². The Morgan fingerprint density at radius 3 is 2.41 bits per heavy atom. The maximum absolute atomic E-state index is 11.1. The first-order valence-electron chi connectivity index (χ1n) is 6.51. The van der Waals surface area contributed by atoms with Gasteiger partial charge in [0.2, 0.25) is 0 Å². The lowest BCUT2D eigenvalue weighted by atomic mass is 10.1. The highest BCUT2D eigenvalue weighted by molar-refractivity contribution is 6.38. The SMILES string of the molecule is O=C(O)C(=O)/C=C(/O)c1cccc(OCc2ccccc2)c1. The van der Waals surface area contributed by atoms with Gasteiger partial charge in [-0.15, -0.1) is 0 Å². The Kier molecular flexibility index (Phi) is 4.93. The van der Waals surface area contributed by atoms with Gasteiger partial charge in [-0.05, 0) is 17.7 Å². The third kappa shape index (κ3) is 4.21. The number of carboxylic acid groups (broad SMARTS) is 1. The van der Waals surface area contributed by atoms with Gasteiger partial charge in [0.15, 0.2) is 0 Å². The van der Waals surface area contributed by atoms with Crippen molar-refractivity contribution in [3.8, 4) is 5.75 Å². The number of rotatable bonds is 6. The van der Waals surface area contributed by atoms with Gasteiger partial charge in [-0.3, -0.25) is 4.79 Å². The first-order valence-corrected chi connectivity index (χ1v) is 6.51. The lowest BCUT2D eigenvalue weighted by molar-refractivity contribution is -0.146. The molecule has 2 rings (SSSR count). The van der Waals surface area contributed by atoms with Crippen molar-refractivity contribution in [2.24, 2.45) is 0 Å². The number of ether oxygens (including phenoxy) is 1. The van der Waals surface area contributed by atoms with Crippen molar-refractivity contribution in [3.05, 3.63) is 71.8 Å². The minimum absolute atomic E-state index is 0.306. The van der Waals surface area contributed by atoms with Gasteiger partial charge in [0, 0.05) is 11.6 Å². The van der Waals surface area contributed by atoms with Crippen LogP contribution in [-0.2, 0) is 16.2 Å². The number of hydrogen-bond acceptors (Lipinski definition) is 4. The Labute approximate surface area is 127 Å². The van der Waals surface area contributed by atoms with Gasteiger partial charge in [-0.2, -0.15) is 0 Å². The van der Waals surface area contributed by atoms with E-state index in [1.165, 1.54) is 6.07 Å². The second kappa shape index (κ2) is 7.08. The van der Waals surface area contributed by atoms with Crippen LogP contribution in [0.1, 0.15) is 11.1 Å². The number of ketones is 1. The van der Waals surface area contributed by atoms with Gasteiger partial charge in [0.25, 0.3) is 5.78 Å². The van der Waals surface area contributed by atoms with Gasteiger partial charge in [-0.1, -0.05) is 42.5 Å². The maximum Gasteiger partial charge on any atom is 0.376 e. The van der Waals surface area contributed by atoms with E-state index < -0.39 is 17.5 Å². The Morgan fingerprint density at radius 1 is 1.00 bits per heavy atom. The van der Waals surface area contributed by atoms with Crippen LogP contribution in [0.15, 0.2) is 60.7 Å². The molecule has 0 aromatic heterocycles. The molecule has 0 saturated carbocycles. The summed E-state index contributed by atoms with van der Waals surface area (Å²) in [5.41, 5.74) is 1.30. The number of carboxylic acids is 1. The molecule has 0 amide bonds. The summed E-state index contributed by atoms with van der Waals surface area (Å²) in [6, 6.07) is 16.0. The van der Waals surface area contributed by atoms with E-state index in [1.807, 2.05) is 30.3 Å². The van der Waals surface area contributed by atoms with E-state index >= 15 is 0 Å². The summed E-state index contributed by atoms with van der Waals surface area (Å²) in [7, 11) is 0. The average molecular weight is 298 g/mol. The lowest BCUT2D eigenvalue weighted by Crippen LogP contribution is -2.09. The highest BCUT2D eigenvalue weighted by Gasteiger charge is 2.11. The molecule has 0 fully saturated rings. The molecule has 2 aromatic rings. The standard InChI is InChI=1S/C17H14O5/c18-15(10-16(19)17(20)21)13-7-4-8-14(9-13)22-11-12-5-2-1-3-6-12/h1-10,18H,11H2,(H,20,21)/b15-10+. The predicted octanol–water partition coefficient (Wildman–Crippen LogP) is 2.82. The van der Waals surface area contributed by atoms with Crippen LogP contribution in [0.5, 0.6) is 5.75 Å². The fourth-order valence-corrected chi connectivity index (χ4v) is 1.76. The normalized spacial score (nSPS) is 11.0. The van der Waals surface area contributed by atoms with Gasteiger partial charge in [0.05, 0.1) is 0 Å². The van der Waals surface area contributed by atoms with E-state index in [1.54, 1.807) is 18.2 Å². The number of hydrogen-bond donors (Lipinski definition) is 2. The number of carbonyl (C=O) groups is 2. The molecule has 112 valence electrons. The highest BCUT2D eigenvalue weighted by atomic mass is 16.5. The highest BCUT2D eigenvalue weighted by Crippen LogP contribution is 2.19. The fraction of sp³-hybridized carbons (Fsp3) is 0.0588. The van der Waals surface area contributed by atoms with Gasteiger partial charge in [0.1, 0.15) is 18.1 Å². The first kappa shape index (κ1) is 15.3. The number of benzene rings is 2. The Hall–Kier alpha value is -3.08. The molecule has 0 aliphatic rings. The second-order valence-electron chi connectivity index (χ2n) is 4.50. The van der Waals surface area contributed by atoms with E-state index in [0.29, 0.717) is 24.0 Å².